The van der Waals surface area contributed by atoms with Crippen LogP contribution in [0.4, 0.5) is 4.39 Å². The first-order chi connectivity index (χ1) is 7.75. The Morgan fingerprint density at radius 2 is 2.12 bits per heavy atom. The van der Waals surface area contributed by atoms with Gasteiger partial charge in [0.1, 0.15) is 5.82 Å². The number of piperazine rings is 1. The number of hydrogen-bond acceptors (Lipinski definition) is 2. The van der Waals surface area contributed by atoms with Crippen molar-refractivity contribution in [1.29, 1.82) is 0 Å². The molecule has 1 fully saturated rings. The Morgan fingerprint density at radius 1 is 1.38 bits per heavy atom. The standard InChI is InChI=1S/C13H19FN2/c1-11(10-16-7-5-15-6-8-16)12-3-2-4-13(14)9-12/h2-4,9,11,15H,5-8,10H2,1H3. The predicted octanol–water partition coefficient (Wildman–Crippen LogP) is 1.83. The van der Waals surface area contributed by atoms with E-state index in [4.69, 9.17) is 0 Å². The van der Waals surface area contributed by atoms with Crippen LogP contribution in [-0.4, -0.2) is 37.6 Å². The molecule has 1 atom stereocenters. The van der Waals surface area contributed by atoms with E-state index in [-0.39, 0.29) is 5.82 Å². The largest absolute Gasteiger partial charge is 0.314 e. The summed E-state index contributed by atoms with van der Waals surface area (Å²) >= 11 is 0. The molecule has 1 heterocycles. The van der Waals surface area contributed by atoms with E-state index < -0.39 is 0 Å². The molecule has 88 valence electrons. The summed E-state index contributed by atoms with van der Waals surface area (Å²) in [6.07, 6.45) is 0. The van der Waals surface area contributed by atoms with E-state index in [0.717, 1.165) is 38.3 Å². The first-order valence-corrected chi connectivity index (χ1v) is 5.94. The van der Waals surface area contributed by atoms with Gasteiger partial charge in [0.05, 0.1) is 0 Å². The smallest absolute Gasteiger partial charge is 0.123 e. The van der Waals surface area contributed by atoms with Crippen LogP contribution in [-0.2, 0) is 0 Å². The molecule has 0 amide bonds. The van der Waals surface area contributed by atoms with E-state index in [9.17, 15) is 4.39 Å². The molecule has 1 saturated heterocycles. The van der Waals surface area contributed by atoms with Crippen molar-refractivity contribution < 1.29 is 4.39 Å². The summed E-state index contributed by atoms with van der Waals surface area (Å²) in [4.78, 5) is 2.44. The first-order valence-electron chi connectivity index (χ1n) is 5.94. The first kappa shape index (κ1) is 11.6. The normalized spacial score (nSPS) is 19.6. The Balaban J connectivity index is 1.94. The minimum absolute atomic E-state index is 0.135. The van der Waals surface area contributed by atoms with Gasteiger partial charge < -0.3 is 10.2 Å². The lowest BCUT2D eigenvalue weighted by Crippen LogP contribution is -2.44. The highest BCUT2D eigenvalue weighted by Crippen LogP contribution is 2.17. The molecule has 0 bridgehead atoms. The van der Waals surface area contributed by atoms with Crippen LogP contribution in [0.15, 0.2) is 24.3 Å². The van der Waals surface area contributed by atoms with Crippen LogP contribution in [0.3, 0.4) is 0 Å². The van der Waals surface area contributed by atoms with Crippen molar-refractivity contribution in [3.05, 3.63) is 35.6 Å². The number of halogens is 1. The van der Waals surface area contributed by atoms with Crippen molar-refractivity contribution in [3.8, 4) is 0 Å². The SMILES string of the molecule is CC(CN1CCNCC1)c1cccc(F)c1. The Morgan fingerprint density at radius 3 is 2.81 bits per heavy atom. The number of rotatable bonds is 3. The van der Waals surface area contributed by atoms with Gasteiger partial charge in [-0.05, 0) is 23.6 Å². The lowest BCUT2D eigenvalue weighted by molar-refractivity contribution is 0.230. The fourth-order valence-electron chi connectivity index (χ4n) is 2.20. The van der Waals surface area contributed by atoms with Gasteiger partial charge in [-0.15, -0.1) is 0 Å². The Bertz CT molecular complexity index is 334. The Hall–Kier alpha value is -0.930. The summed E-state index contributed by atoms with van der Waals surface area (Å²) < 4.78 is 13.1. The third-order valence-electron chi connectivity index (χ3n) is 3.16. The fourth-order valence-corrected chi connectivity index (χ4v) is 2.20. The molecule has 0 saturated carbocycles. The molecule has 1 unspecified atom stereocenters. The second-order valence-electron chi connectivity index (χ2n) is 4.51. The Labute approximate surface area is 96.5 Å². The third kappa shape index (κ3) is 3.03. The van der Waals surface area contributed by atoms with Gasteiger partial charge in [-0.25, -0.2) is 4.39 Å². The average molecular weight is 222 g/mol. The van der Waals surface area contributed by atoms with Crippen LogP contribution in [0, 0.1) is 5.82 Å². The summed E-state index contributed by atoms with van der Waals surface area (Å²) in [7, 11) is 0. The summed E-state index contributed by atoms with van der Waals surface area (Å²) in [5.41, 5.74) is 1.10. The highest BCUT2D eigenvalue weighted by atomic mass is 19.1. The second kappa shape index (κ2) is 5.41. The van der Waals surface area contributed by atoms with Gasteiger partial charge >= 0.3 is 0 Å². The molecule has 1 aliphatic heterocycles. The number of nitrogens with zero attached hydrogens (tertiary/aromatic N) is 1. The molecule has 0 spiro atoms. The zero-order valence-corrected chi connectivity index (χ0v) is 9.75. The van der Waals surface area contributed by atoms with E-state index in [0.29, 0.717) is 5.92 Å². The molecule has 1 aliphatic rings. The van der Waals surface area contributed by atoms with Crippen molar-refractivity contribution in [1.82, 2.24) is 10.2 Å². The number of benzene rings is 1. The van der Waals surface area contributed by atoms with Crippen LogP contribution in [0.1, 0.15) is 18.4 Å². The summed E-state index contributed by atoms with van der Waals surface area (Å²) in [6.45, 7) is 7.51. The molecular weight excluding hydrogens is 203 g/mol. The van der Waals surface area contributed by atoms with Crippen LogP contribution in [0.2, 0.25) is 0 Å². The van der Waals surface area contributed by atoms with Crippen molar-refractivity contribution in [2.75, 3.05) is 32.7 Å². The lowest BCUT2D eigenvalue weighted by Gasteiger charge is -2.29. The number of nitrogens with one attached hydrogen (secondary N) is 1. The molecule has 0 radical (unpaired) electrons. The molecule has 16 heavy (non-hydrogen) atoms. The molecule has 0 aromatic heterocycles. The molecule has 2 nitrogen and oxygen atoms in total. The van der Waals surface area contributed by atoms with Gasteiger partial charge in [-0.3, -0.25) is 0 Å². The Kier molecular flexibility index (Phi) is 3.91. The highest BCUT2D eigenvalue weighted by Gasteiger charge is 2.14. The van der Waals surface area contributed by atoms with Gasteiger partial charge in [0.2, 0.25) is 0 Å². The van der Waals surface area contributed by atoms with Crippen LogP contribution in [0.25, 0.3) is 0 Å². The summed E-state index contributed by atoms with van der Waals surface area (Å²) in [6, 6.07) is 6.95. The van der Waals surface area contributed by atoms with Crippen LogP contribution in [0.5, 0.6) is 0 Å². The maximum Gasteiger partial charge on any atom is 0.123 e. The summed E-state index contributed by atoms with van der Waals surface area (Å²) in [5, 5.41) is 3.34. The topological polar surface area (TPSA) is 15.3 Å². The molecule has 1 aromatic rings. The van der Waals surface area contributed by atoms with Crippen LogP contribution >= 0.6 is 0 Å². The monoisotopic (exact) mass is 222 g/mol. The van der Waals surface area contributed by atoms with Crippen molar-refractivity contribution in [3.63, 3.8) is 0 Å². The van der Waals surface area contributed by atoms with E-state index in [1.807, 2.05) is 6.07 Å². The van der Waals surface area contributed by atoms with E-state index in [1.54, 1.807) is 12.1 Å². The van der Waals surface area contributed by atoms with Crippen molar-refractivity contribution in [2.24, 2.45) is 0 Å². The van der Waals surface area contributed by atoms with Crippen molar-refractivity contribution >= 4 is 0 Å². The van der Waals surface area contributed by atoms with Crippen molar-refractivity contribution in [2.45, 2.75) is 12.8 Å². The predicted molar refractivity (Wildman–Crippen MR) is 64.1 cm³/mol. The molecular formula is C13H19FN2. The van der Waals surface area contributed by atoms with Gasteiger partial charge in [0.25, 0.3) is 0 Å². The second-order valence-corrected chi connectivity index (χ2v) is 4.51. The maximum atomic E-state index is 13.1. The average Bonchev–Trinajstić information content (AvgIpc) is 2.30. The zero-order valence-electron chi connectivity index (χ0n) is 9.75. The molecule has 1 N–H and O–H groups in total. The van der Waals surface area contributed by atoms with E-state index in [1.165, 1.54) is 6.07 Å². The zero-order chi connectivity index (χ0) is 11.4. The third-order valence-corrected chi connectivity index (χ3v) is 3.16. The molecule has 1 aromatic carbocycles. The minimum atomic E-state index is -0.135. The van der Waals surface area contributed by atoms with Gasteiger partial charge in [0.15, 0.2) is 0 Å². The maximum absolute atomic E-state index is 13.1. The van der Waals surface area contributed by atoms with Gasteiger partial charge in [-0.1, -0.05) is 19.1 Å². The lowest BCUT2D eigenvalue weighted by atomic mass is 10.0. The van der Waals surface area contributed by atoms with E-state index in [2.05, 4.69) is 17.1 Å². The van der Waals surface area contributed by atoms with Gasteiger partial charge in [-0.2, -0.15) is 0 Å². The molecule has 0 aliphatic carbocycles. The fraction of sp³-hybridized carbons (Fsp3) is 0.538. The molecule has 2 rings (SSSR count). The van der Waals surface area contributed by atoms with Gasteiger partial charge in [0, 0.05) is 32.7 Å². The number of hydrogen-bond donors (Lipinski definition) is 1. The summed E-state index contributed by atoms with van der Waals surface area (Å²) in [5.74, 6) is 0.262. The highest BCUT2D eigenvalue weighted by molar-refractivity contribution is 5.20. The van der Waals surface area contributed by atoms with E-state index >= 15 is 0 Å². The molecule has 3 heteroatoms. The minimum Gasteiger partial charge on any atom is -0.314 e. The van der Waals surface area contributed by atoms with Crippen LogP contribution < -0.4 is 5.32 Å². The quantitative estimate of drug-likeness (QED) is 0.839.